The number of rotatable bonds is 8. The second kappa shape index (κ2) is 9.73. The first-order valence-electron chi connectivity index (χ1n) is 7.14. The van der Waals surface area contributed by atoms with E-state index in [9.17, 15) is 14.0 Å². The Balaban J connectivity index is 2.39. The highest BCUT2D eigenvalue weighted by Crippen LogP contribution is 2.19. The number of amides is 3. The lowest BCUT2D eigenvalue weighted by atomic mass is 10.2. The Kier molecular flexibility index (Phi) is 7.91. The van der Waals surface area contributed by atoms with Crippen molar-refractivity contribution in [3.05, 3.63) is 24.0 Å². The maximum absolute atomic E-state index is 13.5. The lowest BCUT2D eigenvalue weighted by molar-refractivity contribution is -0.114. The maximum atomic E-state index is 13.5. The lowest BCUT2D eigenvalue weighted by Gasteiger charge is -2.10. The van der Waals surface area contributed by atoms with Gasteiger partial charge in [-0.2, -0.15) is 0 Å². The van der Waals surface area contributed by atoms with Crippen LogP contribution < -0.4 is 16.0 Å². The van der Waals surface area contributed by atoms with Gasteiger partial charge in [-0.1, -0.05) is 0 Å². The molecule has 122 valence electrons. The van der Waals surface area contributed by atoms with Gasteiger partial charge in [-0.25, -0.2) is 9.18 Å². The molecule has 1 aromatic rings. The summed E-state index contributed by atoms with van der Waals surface area (Å²) in [5, 5.41) is 7.66. The van der Waals surface area contributed by atoms with Crippen LogP contribution in [-0.2, 0) is 9.53 Å². The minimum atomic E-state index is -0.556. The van der Waals surface area contributed by atoms with Crippen LogP contribution in [-0.4, -0.2) is 32.2 Å². The Hall–Kier alpha value is -2.15. The average molecular weight is 311 g/mol. The van der Waals surface area contributed by atoms with Crippen LogP contribution in [0.4, 0.5) is 20.6 Å². The molecule has 0 spiro atoms. The number of benzene rings is 1. The molecule has 0 bridgehead atoms. The summed E-state index contributed by atoms with van der Waals surface area (Å²) in [6.45, 7) is 2.55. The molecule has 0 aliphatic rings. The van der Waals surface area contributed by atoms with E-state index in [1.165, 1.54) is 25.1 Å². The normalized spacial score (nSPS) is 10.1. The molecule has 3 amide bonds. The standard InChI is InChI=1S/C15H22FN3O3/c1-11(20)18-14-10-12(6-7-13(14)16)19-15(21)17-8-4-3-5-9-22-2/h6-7,10H,3-5,8-9H2,1-2H3,(H,18,20)(H2,17,19,21). The molecular formula is C15H22FN3O3. The topological polar surface area (TPSA) is 79.5 Å². The molecule has 1 rings (SSSR count). The smallest absolute Gasteiger partial charge is 0.319 e. The fourth-order valence-electron chi connectivity index (χ4n) is 1.81. The van der Waals surface area contributed by atoms with E-state index in [4.69, 9.17) is 4.74 Å². The molecule has 0 heterocycles. The van der Waals surface area contributed by atoms with Gasteiger partial charge in [0.15, 0.2) is 0 Å². The van der Waals surface area contributed by atoms with Gasteiger partial charge in [-0.15, -0.1) is 0 Å². The van der Waals surface area contributed by atoms with Crippen molar-refractivity contribution in [1.29, 1.82) is 0 Å². The number of ether oxygens (including phenoxy) is 1. The molecule has 0 radical (unpaired) electrons. The summed E-state index contributed by atoms with van der Waals surface area (Å²) in [5.41, 5.74) is 0.437. The molecule has 0 aliphatic carbocycles. The molecule has 3 N–H and O–H groups in total. The molecule has 0 atom stereocenters. The number of methoxy groups -OCH3 is 1. The van der Waals surface area contributed by atoms with E-state index in [2.05, 4.69) is 16.0 Å². The van der Waals surface area contributed by atoms with Crippen LogP contribution in [0, 0.1) is 5.82 Å². The third-order valence-corrected chi connectivity index (χ3v) is 2.85. The summed E-state index contributed by atoms with van der Waals surface area (Å²) in [6.07, 6.45) is 2.78. The molecule has 0 aromatic heterocycles. The zero-order chi connectivity index (χ0) is 16.4. The number of urea groups is 1. The molecule has 7 heteroatoms. The predicted molar refractivity (Wildman–Crippen MR) is 83.5 cm³/mol. The van der Waals surface area contributed by atoms with Gasteiger partial charge in [0.25, 0.3) is 0 Å². The van der Waals surface area contributed by atoms with E-state index in [1.807, 2.05) is 0 Å². The van der Waals surface area contributed by atoms with Crippen molar-refractivity contribution in [2.75, 3.05) is 30.9 Å². The molecule has 0 fully saturated rings. The van der Waals surface area contributed by atoms with E-state index >= 15 is 0 Å². The van der Waals surface area contributed by atoms with Crippen molar-refractivity contribution >= 4 is 23.3 Å². The summed E-state index contributed by atoms with van der Waals surface area (Å²) < 4.78 is 18.4. The Morgan fingerprint density at radius 3 is 2.64 bits per heavy atom. The molecule has 22 heavy (non-hydrogen) atoms. The minimum Gasteiger partial charge on any atom is -0.385 e. The van der Waals surface area contributed by atoms with Crippen LogP contribution in [0.15, 0.2) is 18.2 Å². The van der Waals surface area contributed by atoms with E-state index in [-0.39, 0.29) is 17.6 Å². The quantitative estimate of drug-likeness (QED) is 0.646. The summed E-state index contributed by atoms with van der Waals surface area (Å²) in [4.78, 5) is 22.7. The van der Waals surface area contributed by atoms with Crippen molar-refractivity contribution in [3.63, 3.8) is 0 Å². The summed E-state index contributed by atoms with van der Waals surface area (Å²) >= 11 is 0. The van der Waals surface area contributed by atoms with Crippen LogP contribution in [0.5, 0.6) is 0 Å². The monoisotopic (exact) mass is 311 g/mol. The van der Waals surface area contributed by atoms with Gasteiger partial charge in [0.1, 0.15) is 5.82 Å². The Bertz CT molecular complexity index is 509. The number of anilines is 2. The molecule has 0 saturated heterocycles. The van der Waals surface area contributed by atoms with Crippen molar-refractivity contribution in [1.82, 2.24) is 5.32 Å². The number of unbranched alkanes of at least 4 members (excludes halogenated alkanes) is 2. The lowest BCUT2D eigenvalue weighted by Crippen LogP contribution is -2.29. The van der Waals surface area contributed by atoms with Crippen molar-refractivity contribution in [2.45, 2.75) is 26.2 Å². The van der Waals surface area contributed by atoms with Gasteiger partial charge in [0.05, 0.1) is 5.69 Å². The number of halogens is 1. The maximum Gasteiger partial charge on any atom is 0.319 e. The highest BCUT2D eigenvalue weighted by molar-refractivity contribution is 5.92. The Morgan fingerprint density at radius 1 is 1.18 bits per heavy atom. The third kappa shape index (κ3) is 7.03. The second-order valence-corrected chi connectivity index (χ2v) is 4.81. The van der Waals surface area contributed by atoms with E-state index in [0.717, 1.165) is 19.3 Å². The number of carbonyl (C=O) groups excluding carboxylic acids is 2. The zero-order valence-electron chi connectivity index (χ0n) is 12.9. The first-order valence-corrected chi connectivity index (χ1v) is 7.14. The molecule has 0 aliphatic heterocycles. The first-order chi connectivity index (χ1) is 10.5. The molecule has 1 aromatic carbocycles. The first kappa shape index (κ1) is 17.9. The molecule has 0 unspecified atom stereocenters. The molecular weight excluding hydrogens is 289 g/mol. The van der Waals surface area contributed by atoms with Gasteiger partial charge >= 0.3 is 6.03 Å². The van der Waals surface area contributed by atoms with Gasteiger partial charge in [-0.3, -0.25) is 4.79 Å². The number of carbonyl (C=O) groups is 2. The fraction of sp³-hybridized carbons (Fsp3) is 0.467. The van der Waals surface area contributed by atoms with Gasteiger partial charge < -0.3 is 20.7 Å². The summed E-state index contributed by atoms with van der Waals surface area (Å²) in [6, 6.07) is 3.62. The Morgan fingerprint density at radius 2 is 1.95 bits per heavy atom. The van der Waals surface area contributed by atoms with E-state index in [0.29, 0.717) is 18.8 Å². The van der Waals surface area contributed by atoms with Gasteiger partial charge in [0.2, 0.25) is 5.91 Å². The Labute approximate surface area is 129 Å². The SMILES string of the molecule is COCCCCCNC(=O)Nc1ccc(F)c(NC(C)=O)c1. The van der Waals surface area contributed by atoms with Crippen LogP contribution in [0.3, 0.4) is 0 Å². The highest BCUT2D eigenvalue weighted by Gasteiger charge is 2.07. The average Bonchev–Trinajstić information content (AvgIpc) is 2.46. The van der Waals surface area contributed by atoms with Crippen molar-refractivity contribution in [3.8, 4) is 0 Å². The summed E-state index contributed by atoms with van der Waals surface area (Å²) in [7, 11) is 1.66. The second-order valence-electron chi connectivity index (χ2n) is 4.81. The van der Waals surface area contributed by atoms with E-state index in [1.54, 1.807) is 7.11 Å². The van der Waals surface area contributed by atoms with Crippen LogP contribution in [0.2, 0.25) is 0 Å². The number of nitrogens with one attached hydrogen (secondary N) is 3. The molecule has 0 saturated carbocycles. The zero-order valence-corrected chi connectivity index (χ0v) is 12.9. The number of hydrogen-bond donors (Lipinski definition) is 3. The van der Waals surface area contributed by atoms with Crippen LogP contribution in [0.25, 0.3) is 0 Å². The minimum absolute atomic E-state index is 0.0323. The van der Waals surface area contributed by atoms with E-state index < -0.39 is 5.82 Å². The third-order valence-electron chi connectivity index (χ3n) is 2.85. The van der Waals surface area contributed by atoms with Crippen LogP contribution >= 0.6 is 0 Å². The largest absolute Gasteiger partial charge is 0.385 e. The van der Waals surface area contributed by atoms with Crippen molar-refractivity contribution < 1.29 is 18.7 Å². The summed E-state index contributed by atoms with van der Waals surface area (Å²) in [5.74, 6) is -0.934. The molecule has 6 nitrogen and oxygen atoms in total. The van der Waals surface area contributed by atoms with Crippen molar-refractivity contribution in [2.24, 2.45) is 0 Å². The fourth-order valence-corrected chi connectivity index (χ4v) is 1.81. The van der Waals surface area contributed by atoms with Crippen LogP contribution in [0.1, 0.15) is 26.2 Å². The number of hydrogen-bond acceptors (Lipinski definition) is 3. The highest BCUT2D eigenvalue weighted by atomic mass is 19.1. The predicted octanol–water partition coefficient (Wildman–Crippen LogP) is 2.72. The van der Waals surface area contributed by atoms with Gasteiger partial charge in [0, 0.05) is 32.9 Å². The van der Waals surface area contributed by atoms with Gasteiger partial charge in [-0.05, 0) is 37.5 Å².